The molecule has 0 aromatic heterocycles. The fraction of sp³-hybridized carbons (Fsp3) is 0.500. The number of amides is 1. The number of oxime groups is 1. The number of carbonyl (C=O) groups excluding carboxylic acids is 1. The molecule has 0 saturated carbocycles. The Morgan fingerprint density at radius 1 is 1.18 bits per heavy atom. The number of methoxy groups -OCH3 is 1. The van der Waals surface area contributed by atoms with Gasteiger partial charge in [0.1, 0.15) is 5.75 Å². The van der Waals surface area contributed by atoms with Crippen molar-refractivity contribution in [2.45, 2.75) is 39.8 Å². The van der Waals surface area contributed by atoms with E-state index in [1.54, 1.807) is 36.3 Å². The fourth-order valence-corrected chi connectivity index (χ4v) is 2.22. The van der Waals surface area contributed by atoms with E-state index < -0.39 is 0 Å². The summed E-state index contributed by atoms with van der Waals surface area (Å²) < 4.78 is 5.07. The average Bonchev–Trinajstić information content (AvgIpc) is 2.46. The summed E-state index contributed by atoms with van der Waals surface area (Å²) in [5, 5.41) is 3.80. The van der Waals surface area contributed by atoms with Gasteiger partial charge < -0.3 is 20.2 Å². The van der Waals surface area contributed by atoms with Crippen LogP contribution in [0.1, 0.15) is 33.3 Å². The van der Waals surface area contributed by atoms with Gasteiger partial charge in [-0.2, -0.15) is 0 Å². The molecular weight excluding hydrogens is 282 g/mol. The van der Waals surface area contributed by atoms with E-state index in [2.05, 4.69) is 5.16 Å². The smallest absolute Gasteiger partial charge is 0.263 e. The minimum atomic E-state index is -0.132. The zero-order valence-electron chi connectivity index (χ0n) is 13.9. The summed E-state index contributed by atoms with van der Waals surface area (Å²) in [6, 6.07) is 7.33. The first kappa shape index (κ1) is 17.8. The minimum Gasteiger partial charge on any atom is -0.497 e. The second-order valence-electron chi connectivity index (χ2n) is 5.47. The monoisotopic (exact) mass is 307 g/mol. The van der Waals surface area contributed by atoms with Crippen LogP contribution < -0.4 is 10.5 Å². The van der Waals surface area contributed by atoms with Crippen LogP contribution in [0, 0.1) is 0 Å². The van der Waals surface area contributed by atoms with Crippen LogP contribution in [0.15, 0.2) is 29.4 Å². The van der Waals surface area contributed by atoms with Crippen LogP contribution in [0.5, 0.6) is 5.75 Å². The predicted octanol–water partition coefficient (Wildman–Crippen LogP) is 1.98. The lowest BCUT2D eigenvalue weighted by Crippen LogP contribution is -2.43. The molecule has 0 aliphatic carbocycles. The fourth-order valence-electron chi connectivity index (χ4n) is 2.22. The maximum atomic E-state index is 12.1. The van der Waals surface area contributed by atoms with Gasteiger partial charge in [0.15, 0.2) is 12.4 Å². The Morgan fingerprint density at radius 2 is 1.73 bits per heavy atom. The summed E-state index contributed by atoms with van der Waals surface area (Å²) in [4.78, 5) is 18.9. The lowest BCUT2D eigenvalue weighted by molar-refractivity contribution is -0.139. The molecule has 0 aliphatic heterocycles. The zero-order chi connectivity index (χ0) is 16.7. The Bertz CT molecular complexity index is 502. The van der Waals surface area contributed by atoms with E-state index in [4.69, 9.17) is 15.3 Å². The van der Waals surface area contributed by atoms with E-state index in [0.717, 1.165) is 5.75 Å². The molecule has 122 valence electrons. The van der Waals surface area contributed by atoms with E-state index in [1.165, 1.54) is 0 Å². The number of hydrogen-bond acceptors (Lipinski definition) is 4. The maximum Gasteiger partial charge on any atom is 0.263 e. The Morgan fingerprint density at radius 3 is 2.18 bits per heavy atom. The van der Waals surface area contributed by atoms with Gasteiger partial charge in [-0.25, -0.2) is 0 Å². The van der Waals surface area contributed by atoms with Crippen molar-refractivity contribution in [2.75, 3.05) is 13.7 Å². The molecule has 0 bridgehead atoms. The van der Waals surface area contributed by atoms with Crippen molar-refractivity contribution < 1.29 is 14.4 Å². The Kier molecular flexibility index (Phi) is 6.69. The number of carbonyl (C=O) groups is 1. The van der Waals surface area contributed by atoms with E-state index in [-0.39, 0.29) is 30.4 Å². The highest BCUT2D eigenvalue weighted by atomic mass is 16.6. The van der Waals surface area contributed by atoms with Gasteiger partial charge in [0, 0.05) is 17.6 Å². The first-order valence-corrected chi connectivity index (χ1v) is 7.27. The van der Waals surface area contributed by atoms with Crippen LogP contribution in [0.4, 0.5) is 0 Å². The van der Waals surface area contributed by atoms with Crippen molar-refractivity contribution in [2.24, 2.45) is 10.9 Å². The lowest BCUT2D eigenvalue weighted by Gasteiger charge is -2.30. The quantitative estimate of drug-likeness (QED) is 0.475. The number of benzene rings is 1. The van der Waals surface area contributed by atoms with E-state index >= 15 is 0 Å². The van der Waals surface area contributed by atoms with Gasteiger partial charge in [0.05, 0.1) is 7.11 Å². The molecule has 0 aliphatic rings. The number of hydrogen-bond donors (Lipinski definition) is 1. The summed E-state index contributed by atoms with van der Waals surface area (Å²) >= 11 is 0. The normalized spacial score (nSPS) is 11.7. The molecular formula is C16H25N3O3. The standard InChI is InChI=1S/C16H25N3O3/c1-11(2)19(12(3)4)15(20)10-22-18-16(17)13-6-8-14(21-5)9-7-13/h6-9,11-12H,10H2,1-5H3,(H2,17,18). The Hall–Kier alpha value is -2.24. The average molecular weight is 307 g/mol. The third kappa shape index (κ3) is 4.95. The second kappa shape index (κ2) is 8.26. The minimum absolute atomic E-state index is 0.110. The number of ether oxygens (including phenoxy) is 1. The summed E-state index contributed by atoms with van der Waals surface area (Å²) in [5.74, 6) is 0.838. The van der Waals surface area contributed by atoms with Gasteiger partial charge in [0.25, 0.3) is 5.91 Å². The molecule has 0 atom stereocenters. The highest BCUT2D eigenvalue weighted by Gasteiger charge is 2.20. The number of rotatable bonds is 7. The number of nitrogens with zero attached hydrogens (tertiary/aromatic N) is 2. The molecule has 6 heteroatoms. The summed E-state index contributed by atoms with van der Waals surface area (Å²) in [6.45, 7) is 7.73. The first-order chi connectivity index (χ1) is 10.4. The van der Waals surface area contributed by atoms with Crippen LogP contribution in [0.3, 0.4) is 0 Å². The maximum absolute atomic E-state index is 12.1. The molecule has 0 saturated heterocycles. The van der Waals surface area contributed by atoms with Gasteiger partial charge in [0.2, 0.25) is 0 Å². The number of nitrogens with two attached hydrogens (primary N) is 1. The topological polar surface area (TPSA) is 77.1 Å². The van der Waals surface area contributed by atoms with Gasteiger partial charge in [-0.15, -0.1) is 0 Å². The Balaban J connectivity index is 2.61. The highest BCUT2D eigenvalue weighted by Crippen LogP contribution is 2.11. The third-order valence-corrected chi connectivity index (χ3v) is 3.14. The highest BCUT2D eigenvalue weighted by molar-refractivity contribution is 5.97. The third-order valence-electron chi connectivity index (χ3n) is 3.14. The molecule has 0 radical (unpaired) electrons. The molecule has 1 rings (SSSR count). The van der Waals surface area contributed by atoms with Crippen LogP contribution in [-0.4, -0.2) is 42.4 Å². The zero-order valence-corrected chi connectivity index (χ0v) is 13.9. The van der Waals surface area contributed by atoms with Crippen molar-refractivity contribution in [3.05, 3.63) is 29.8 Å². The van der Waals surface area contributed by atoms with Gasteiger partial charge in [-0.3, -0.25) is 4.79 Å². The lowest BCUT2D eigenvalue weighted by atomic mass is 10.2. The van der Waals surface area contributed by atoms with Crippen LogP contribution in [0.2, 0.25) is 0 Å². The van der Waals surface area contributed by atoms with E-state index in [1.807, 2.05) is 27.7 Å². The largest absolute Gasteiger partial charge is 0.497 e. The second-order valence-corrected chi connectivity index (χ2v) is 5.47. The summed E-state index contributed by atoms with van der Waals surface area (Å²) in [5.41, 5.74) is 6.53. The van der Waals surface area contributed by atoms with Crippen LogP contribution in [0.25, 0.3) is 0 Å². The molecule has 0 fully saturated rings. The molecule has 0 heterocycles. The van der Waals surface area contributed by atoms with Crippen molar-refractivity contribution in [1.29, 1.82) is 0 Å². The molecule has 6 nitrogen and oxygen atoms in total. The predicted molar refractivity (Wildman–Crippen MR) is 86.8 cm³/mol. The number of amidine groups is 1. The molecule has 1 amide bonds. The van der Waals surface area contributed by atoms with Crippen molar-refractivity contribution >= 4 is 11.7 Å². The Labute approximate surface area is 131 Å². The SMILES string of the molecule is COc1ccc(/C(N)=N/OCC(=O)N(C(C)C)C(C)C)cc1. The molecule has 1 aromatic carbocycles. The van der Waals surface area contributed by atoms with Gasteiger partial charge in [-0.1, -0.05) is 5.16 Å². The van der Waals surface area contributed by atoms with Gasteiger partial charge in [-0.05, 0) is 52.0 Å². The molecule has 0 spiro atoms. The van der Waals surface area contributed by atoms with E-state index in [9.17, 15) is 4.79 Å². The van der Waals surface area contributed by atoms with Gasteiger partial charge >= 0.3 is 0 Å². The van der Waals surface area contributed by atoms with Crippen LogP contribution in [-0.2, 0) is 9.63 Å². The molecule has 22 heavy (non-hydrogen) atoms. The molecule has 2 N–H and O–H groups in total. The van der Waals surface area contributed by atoms with Crippen LogP contribution >= 0.6 is 0 Å². The van der Waals surface area contributed by atoms with Crippen molar-refractivity contribution in [3.63, 3.8) is 0 Å². The first-order valence-electron chi connectivity index (χ1n) is 7.27. The summed E-state index contributed by atoms with van der Waals surface area (Å²) in [7, 11) is 1.59. The molecule has 1 aromatic rings. The molecule has 0 unspecified atom stereocenters. The van der Waals surface area contributed by atoms with Crippen molar-refractivity contribution in [1.82, 2.24) is 4.90 Å². The van der Waals surface area contributed by atoms with Crippen molar-refractivity contribution in [3.8, 4) is 5.75 Å². The summed E-state index contributed by atoms with van der Waals surface area (Å²) in [6.07, 6.45) is 0. The van der Waals surface area contributed by atoms with E-state index in [0.29, 0.717) is 5.56 Å².